The maximum absolute atomic E-state index is 11.9. The molecule has 9 heteroatoms. The number of hydrogen-bond acceptors (Lipinski definition) is 6. The first kappa shape index (κ1) is 16.4. The molecule has 1 aliphatic rings. The quantitative estimate of drug-likeness (QED) is 0.558. The van der Waals surface area contributed by atoms with Crippen molar-refractivity contribution in [2.75, 3.05) is 24.6 Å². The Balaban J connectivity index is 1.80. The van der Waals surface area contributed by atoms with Gasteiger partial charge < -0.3 is 10.4 Å². The topological polar surface area (TPSA) is 113 Å². The molecule has 1 aliphatic heterocycles. The number of sulfonamides is 1. The molecule has 0 radical (unpaired) electrons. The van der Waals surface area contributed by atoms with E-state index in [2.05, 4.69) is 10.0 Å². The minimum Gasteiger partial charge on any atom is -0.390 e. The lowest BCUT2D eigenvalue weighted by Gasteiger charge is -2.15. The van der Waals surface area contributed by atoms with E-state index in [9.17, 15) is 21.9 Å². The van der Waals surface area contributed by atoms with Crippen molar-refractivity contribution in [1.82, 2.24) is 10.0 Å². The van der Waals surface area contributed by atoms with Crippen LogP contribution >= 0.6 is 0 Å². The number of benzene rings is 1. The molecule has 2 rings (SSSR count). The van der Waals surface area contributed by atoms with Gasteiger partial charge in [0.15, 0.2) is 9.84 Å². The Labute approximate surface area is 124 Å². The van der Waals surface area contributed by atoms with Crippen LogP contribution < -0.4 is 10.0 Å². The van der Waals surface area contributed by atoms with Crippen LogP contribution in [0.15, 0.2) is 35.2 Å². The second kappa shape index (κ2) is 6.41. The standard InChI is InChI=1S/C12H18N2O5S2/c15-12-9-20(16,17)8-11(12)13-6-7-14-21(18,19)10-4-2-1-3-5-10/h1-5,11-15H,6-9H2/t11-,12+/m1/s1. The molecular weight excluding hydrogens is 316 g/mol. The molecule has 0 bridgehead atoms. The monoisotopic (exact) mass is 334 g/mol. The molecule has 1 aromatic rings. The van der Waals surface area contributed by atoms with E-state index in [0.29, 0.717) is 0 Å². The molecule has 3 N–H and O–H groups in total. The highest BCUT2D eigenvalue weighted by Gasteiger charge is 2.35. The van der Waals surface area contributed by atoms with Gasteiger partial charge in [-0.3, -0.25) is 0 Å². The largest absolute Gasteiger partial charge is 0.390 e. The molecule has 21 heavy (non-hydrogen) atoms. The van der Waals surface area contributed by atoms with Crippen LogP contribution in [0.1, 0.15) is 0 Å². The fraction of sp³-hybridized carbons (Fsp3) is 0.500. The second-order valence-corrected chi connectivity index (χ2v) is 8.84. The van der Waals surface area contributed by atoms with Crippen molar-refractivity contribution in [3.8, 4) is 0 Å². The Morgan fingerprint density at radius 1 is 1.14 bits per heavy atom. The summed E-state index contributed by atoms with van der Waals surface area (Å²) in [4.78, 5) is 0.175. The number of sulfone groups is 1. The predicted molar refractivity (Wildman–Crippen MR) is 78.1 cm³/mol. The Morgan fingerprint density at radius 3 is 2.38 bits per heavy atom. The number of rotatable bonds is 6. The van der Waals surface area contributed by atoms with Gasteiger partial charge in [-0.05, 0) is 12.1 Å². The highest BCUT2D eigenvalue weighted by atomic mass is 32.2. The summed E-state index contributed by atoms with van der Waals surface area (Å²) in [5.74, 6) is -0.375. The van der Waals surface area contributed by atoms with E-state index in [4.69, 9.17) is 0 Å². The molecule has 118 valence electrons. The van der Waals surface area contributed by atoms with Crippen LogP contribution in [0.5, 0.6) is 0 Å². The van der Waals surface area contributed by atoms with Gasteiger partial charge >= 0.3 is 0 Å². The first-order valence-electron chi connectivity index (χ1n) is 6.47. The van der Waals surface area contributed by atoms with E-state index in [0.717, 1.165) is 0 Å². The van der Waals surface area contributed by atoms with E-state index in [1.54, 1.807) is 18.2 Å². The highest BCUT2D eigenvalue weighted by molar-refractivity contribution is 7.91. The summed E-state index contributed by atoms with van der Waals surface area (Å²) in [6.07, 6.45) is -0.944. The van der Waals surface area contributed by atoms with Gasteiger partial charge in [0, 0.05) is 19.1 Å². The van der Waals surface area contributed by atoms with E-state index < -0.39 is 32.0 Å². The van der Waals surface area contributed by atoms with Crippen LogP contribution in [-0.4, -0.2) is 58.7 Å². The first-order chi connectivity index (χ1) is 9.80. The zero-order valence-electron chi connectivity index (χ0n) is 11.3. The average molecular weight is 334 g/mol. The van der Waals surface area contributed by atoms with Crippen LogP contribution in [-0.2, 0) is 19.9 Å². The zero-order valence-corrected chi connectivity index (χ0v) is 12.9. The van der Waals surface area contributed by atoms with E-state index in [1.165, 1.54) is 12.1 Å². The lowest BCUT2D eigenvalue weighted by atomic mass is 10.2. The van der Waals surface area contributed by atoms with Gasteiger partial charge in [-0.15, -0.1) is 0 Å². The van der Waals surface area contributed by atoms with Crippen molar-refractivity contribution in [2.24, 2.45) is 0 Å². The fourth-order valence-corrected chi connectivity index (χ4v) is 4.98. The fourth-order valence-electron chi connectivity index (χ4n) is 2.15. The van der Waals surface area contributed by atoms with Crippen molar-refractivity contribution in [3.63, 3.8) is 0 Å². The molecule has 1 fully saturated rings. The van der Waals surface area contributed by atoms with Crippen molar-refractivity contribution in [3.05, 3.63) is 30.3 Å². The maximum Gasteiger partial charge on any atom is 0.240 e. The summed E-state index contributed by atoms with van der Waals surface area (Å²) in [6.45, 7) is 0.351. The molecule has 2 atom stereocenters. The van der Waals surface area contributed by atoms with Gasteiger partial charge in [0.2, 0.25) is 10.0 Å². The molecule has 7 nitrogen and oxygen atoms in total. The third kappa shape index (κ3) is 4.48. The summed E-state index contributed by atoms with van der Waals surface area (Å²) in [5.41, 5.74) is 0. The lowest BCUT2D eigenvalue weighted by Crippen LogP contribution is -2.42. The zero-order chi connectivity index (χ0) is 15.5. The normalized spacial score (nSPS) is 25.0. The third-order valence-corrected chi connectivity index (χ3v) is 6.39. The van der Waals surface area contributed by atoms with Crippen molar-refractivity contribution >= 4 is 19.9 Å². The Hall–Kier alpha value is -1.00. The van der Waals surface area contributed by atoms with Crippen LogP contribution in [0.25, 0.3) is 0 Å². The van der Waals surface area contributed by atoms with Crippen LogP contribution in [0, 0.1) is 0 Å². The minimum atomic E-state index is -3.56. The summed E-state index contributed by atoms with van der Waals surface area (Å²) in [7, 11) is -6.77. The van der Waals surface area contributed by atoms with Crippen molar-refractivity contribution in [1.29, 1.82) is 0 Å². The lowest BCUT2D eigenvalue weighted by molar-refractivity contribution is 0.166. The molecule has 0 spiro atoms. The summed E-state index contributed by atoms with van der Waals surface area (Å²) >= 11 is 0. The van der Waals surface area contributed by atoms with Crippen LogP contribution in [0.3, 0.4) is 0 Å². The van der Waals surface area contributed by atoms with Gasteiger partial charge in [0.25, 0.3) is 0 Å². The first-order valence-corrected chi connectivity index (χ1v) is 9.77. The summed E-state index contributed by atoms with van der Waals surface area (Å²) < 4.78 is 48.9. The molecule has 0 aliphatic carbocycles. The van der Waals surface area contributed by atoms with Crippen LogP contribution in [0.4, 0.5) is 0 Å². The maximum atomic E-state index is 11.9. The summed E-state index contributed by atoms with van der Waals surface area (Å²) in [6, 6.07) is 7.42. The molecule has 0 saturated carbocycles. The Bertz CT molecular complexity index is 673. The number of aliphatic hydroxyl groups is 1. The molecule has 0 unspecified atom stereocenters. The van der Waals surface area contributed by atoms with E-state index in [1.807, 2.05) is 0 Å². The molecule has 0 aromatic heterocycles. The molecule has 1 heterocycles. The molecule has 1 aromatic carbocycles. The molecule has 0 amide bonds. The second-order valence-electron chi connectivity index (χ2n) is 4.92. The summed E-state index contributed by atoms with van der Waals surface area (Å²) in [5, 5.41) is 12.4. The van der Waals surface area contributed by atoms with Gasteiger partial charge in [-0.1, -0.05) is 18.2 Å². The number of nitrogens with one attached hydrogen (secondary N) is 2. The van der Waals surface area contributed by atoms with Gasteiger partial charge in [0.1, 0.15) is 0 Å². The van der Waals surface area contributed by atoms with E-state index >= 15 is 0 Å². The smallest absolute Gasteiger partial charge is 0.240 e. The highest BCUT2D eigenvalue weighted by Crippen LogP contribution is 2.12. The van der Waals surface area contributed by atoms with E-state index in [-0.39, 0.29) is 29.5 Å². The van der Waals surface area contributed by atoms with Crippen molar-refractivity contribution in [2.45, 2.75) is 17.0 Å². The third-order valence-electron chi connectivity index (χ3n) is 3.20. The van der Waals surface area contributed by atoms with Gasteiger partial charge in [0.05, 0.1) is 22.5 Å². The van der Waals surface area contributed by atoms with Crippen LogP contribution in [0.2, 0.25) is 0 Å². The Kier molecular flexibility index (Phi) is 4.99. The van der Waals surface area contributed by atoms with Gasteiger partial charge in [-0.2, -0.15) is 0 Å². The SMILES string of the molecule is O=S1(=O)C[C@H](O)[C@H](NCCNS(=O)(=O)c2ccccc2)C1. The number of aliphatic hydroxyl groups excluding tert-OH is 1. The minimum absolute atomic E-state index is 0.112. The Morgan fingerprint density at radius 2 is 1.81 bits per heavy atom. The molecule has 1 saturated heterocycles. The van der Waals surface area contributed by atoms with Gasteiger partial charge in [-0.25, -0.2) is 21.6 Å². The molecular formula is C12H18N2O5S2. The van der Waals surface area contributed by atoms with Crippen molar-refractivity contribution < 1.29 is 21.9 Å². The average Bonchev–Trinajstić information content (AvgIpc) is 2.68. The predicted octanol–water partition coefficient (Wildman–Crippen LogP) is -1.29. The number of hydrogen-bond donors (Lipinski definition) is 3.